The Balaban J connectivity index is 1.45. The predicted molar refractivity (Wildman–Crippen MR) is 104 cm³/mol. The van der Waals surface area contributed by atoms with Gasteiger partial charge < -0.3 is 10.6 Å². The van der Waals surface area contributed by atoms with Gasteiger partial charge in [0.25, 0.3) is 10.0 Å². The van der Waals surface area contributed by atoms with Gasteiger partial charge in [-0.3, -0.25) is 9.59 Å². The average Bonchev–Trinajstić information content (AvgIpc) is 3.33. The highest BCUT2D eigenvalue weighted by molar-refractivity contribution is 7.91. The Labute approximate surface area is 164 Å². The summed E-state index contributed by atoms with van der Waals surface area (Å²) in [4.78, 5) is 24.7. The molecule has 1 aliphatic carbocycles. The Morgan fingerprint density at radius 2 is 1.74 bits per heavy atom. The highest BCUT2D eigenvalue weighted by atomic mass is 32.2. The van der Waals surface area contributed by atoms with Crippen molar-refractivity contribution in [3.05, 3.63) is 17.0 Å². The summed E-state index contributed by atoms with van der Waals surface area (Å²) in [5, 5.41) is 5.58. The second kappa shape index (κ2) is 9.16. The molecule has 0 aromatic carbocycles. The van der Waals surface area contributed by atoms with E-state index in [1.165, 1.54) is 10.7 Å². The summed E-state index contributed by atoms with van der Waals surface area (Å²) < 4.78 is 26.8. The van der Waals surface area contributed by atoms with Crippen LogP contribution < -0.4 is 10.6 Å². The van der Waals surface area contributed by atoms with Crippen LogP contribution in [0, 0.1) is 0 Å². The van der Waals surface area contributed by atoms with Gasteiger partial charge in [0.1, 0.15) is 4.21 Å². The molecule has 2 aliphatic rings. The summed E-state index contributed by atoms with van der Waals surface area (Å²) in [6.45, 7) is 1.08. The Bertz CT molecular complexity index is 763. The molecule has 2 N–H and O–H groups in total. The number of carbonyl (C=O) groups excluding carboxylic acids is 2. The first-order valence-electron chi connectivity index (χ1n) is 9.60. The highest BCUT2D eigenvalue weighted by Gasteiger charge is 2.28. The smallest absolute Gasteiger partial charge is 0.252 e. The molecule has 1 aliphatic heterocycles. The molecule has 1 aromatic rings. The van der Waals surface area contributed by atoms with Gasteiger partial charge in [0.05, 0.1) is 13.0 Å². The van der Waals surface area contributed by atoms with E-state index in [0.29, 0.717) is 18.0 Å². The molecule has 2 amide bonds. The van der Waals surface area contributed by atoms with Gasteiger partial charge in [0.15, 0.2) is 0 Å². The normalized spacial score (nSPS) is 19.1. The topological polar surface area (TPSA) is 95.6 Å². The van der Waals surface area contributed by atoms with Gasteiger partial charge >= 0.3 is 0 Å². The van der Waals surface area contributed by atoms with Crippen molar-refractivity contribution in [3.63, 3.8) is 0 Å². The molecule has 9 heteroatoms. The number of hydrogen-bond acceptors (Lipinski definition) is 5. The Hall–Kier alpha value is -1.45. The van der Waals surface area contributed by atoms with Gasteiger partial charge in [0.2, 0.25) is 11.8 Å². The molecule has 0 radical (unpaired) electrons. The number of amides is 2. The number of carbonyl (C=O) groups is 2. The number of hydrogen-bond donors (Lipinski definition) is 2. The van der Waals surface area contributed by atoms with Crippen molar-refractivity contribution >= 4 is 33.2 Å². The zero-order chi connectivity index (χ0) is 19.3. The second-order valence-electron chi connectivity index (χ2n) is 7.19. The van der Waals surface area contributed by atoms with E-state index in [1.807, 2.05) is 0 Å². The molecule has 0 atom stereocenters. The molecule has 1 saturated heterocycles. The van der Waals surface area contributed by atoms with Crippen molar-refractivity contribution in [1.29, 1.82) is 0 Å². The highest BCUT2D eigenvalue weighted by Crippen LogP contribution is 2.27. The molecule has 0 unspecified atom stereocenters. The lowest BCUT2D eigenvalue weighted by atomic mass is 9.95. The van der Waals surface area contributed by atoms with Crippen LogP contribution in [0.25, 0.3) is 0 Å². The molecule has 27 heavy (non-hydrogen) atoms. The molecule has 0 spiro atoms. The molecular formula is C18H27N3O4S2. The van der Waals surface area contributed by atoms with Crippen LogP contribution >= 0.6 is 11.3 Å². The fourth-order valence-corrected chi connectivity index (χ4v) is 6.60. The van der Waals surface area contributed by atoms with Crippen LogP contribution in [-0.2, 0) is 26.0 Å². The molecule has 150 valence electrons. The minimum absolute atomic E-state index is 0.0420. The van der Waals surface area contributed by atoms with Gasteiger partial charge in [-0.05, 0) is 37.8 Å². The third-order valence-corrected chi connectivity index (χ3v) is 8.50. The van der Waals surface area contributed by atoms with E-state index >= 15 is 0 Å². The largest absolute Gasteiger partial charge is 0.352 e. The van der Waals surface area contributed by atoms with Crippen LogP contribution in [0.2, 0.25) is 0 Å². The van der Waals surface area contributed by atoms with Crippen LogP contribution in [0.4, 0.5) is 0 Å². The van der Waals surface area contributed by atoms with Crippen LogP contribution in [0.3, 0.4) is 0 Å². The lowest BCUT2D eigenvalue weighted by Gasteiger charge is -2.22. The third-order valence-electron chi connectivity index (χ3n) is 5.05. The SMILES string of the molecule is O=C(Cc1ccc(S(=O)(=O)N2CCCC2)s1)NCC(=O)NC1CCCCC1. The van der Waals surface area contributed by atoms with E-state index in [-0.39, 0.29) is 35.0 Å². The first-order chi connectivity index (χ1) is 12.9. The fourth-order valence-electron chi connectivity index (χ4n) is 3.57. The lowest BCUT2D eigenvalue weighted by Crippen LogP contribution is -2.42. The Morgan fingerprint density at radius 3 is 2.44 bits per heavy atom. The van der Waals surface area contributed by atoms with Crippen LogP contribution in [0.1, 0.15) is 49.8 Å². The van der Waals surface area contributed by atoms with Crippen molar-refractivity contribution in [2.45, 2.75) is 61.6 Å². The van der Waals surface area contributed by atoms with E-state index in [2.05, 4.69) is 10.6 Å². The van der Waals surface area contributed by atoms with Gasteiger partial charge in [-0.2, -0.15) is 4.31 Å². The van der Waals surface area contributed by atoms with Gasteiger partial charge in [-0.1, -0.05) is 19.3 Å². The molecule has 1 aromatic heterocycles. The zero-order valence-electron chi connectivity index (χ0n) is 15.4. The Kier molecular flexibility index (Phi) is 6.88. The Morgan fingerprint density at radius 1 is 1.04 bits per heavy atom. The minimum atomic E-state index is -3.44. The summed E-state index contributed by atoms with van der Waals surface area (Å²) in [5.41, 5.74) is 0. The molecule has 3 rings (SSSR count). The van der Waals surface area contributed by atoms with Crippen LogP contribution in [0.15, 0.2) is 16.3 Å². The fraction of sp³-hybridized carbons (Fsp3) is 0.667. The predicted octanol–water partition coefficient (Wildman–Crippen LogP) is 1.64. The quantitative estimate of drug-likeness (QED) is 0.710. The maximum absolute atomic E-state index is 12.5. The van der Waals surface area contributed by atoms with Crippen molar-refractivity contribution < 1.29 is 18.0 Å². The average molecular weight is 414 g/mol. The summed E-state index contributed by atoms with van der Waals surface area (Å²) in [7, 11) is -3.44. The van der Waals surface area contributed by atoms with E-state index in [0.717, 1.165) is 49.9 Å². The maximum atomic E-state index is 12.5. The summed E-state index contributed by atoms with van der Waals surface area (Å²) in [6.07, 6.45) is 7.37. The van der Waals surface area contributed by atoms with Crippen molar-refractivity contribution in [2.75, 3.05) is 19.6 Å². The first-order valence-corrected chi connectivity index (χ1v) is 11.9. The molecule has 1 saturated carbocycles. The third kappa shape index (κ3) is 5.52. The lowest BCUT2D eigenvalue weighted by molar-refractivity contribution is -0.126. The number of thiophene rings is 1. The number of nitrogens with one attached hydrogen (secondary N) is 2. The number of rotatable bonds is 7. The maximum Gasteiger partial charge on any atom is 0.252 e. The van der Waals surface area contributed by atoms with Gasteiger partial charge in [-0.15, -0.1) is 11.3 Å². The molecule has 0 bridgehead atoms. The first kappa shape index (κ1) is 20.3. The standard InChI is InChI=1S/C18H27N3O4S2/c22-16(19-13-17(23)20-14-6-2-1-3-7-14)12-15-8-9-18(26-15)27(24,25)21-10-4-5-11-21/h8-9,14H,1-7,10-13H2,(H,19,22)(H,20,23). The van der Waals surface area contributed by atoms with Crippen LogP contribution in [0.5, 0.6) is 0 Å². The van der Waals surface area contributed by atoms with E-state index in [1.54, 1.807) is 12.1 Å². The second-order valence-corrected chi connectivity index (χ2v) is 10.5. The number of nitrogens with zero attached hydrogens (tertiary/aromatic N) is 1. The molecule has 7 nitrogen and oxygen atoms in total. The van der Waals surface area contributed by atoms with Crippen molar-refractivity contribution in [1.82, 2.24) is 14.9 Å². The summed E-state index contributed by atoms with van der Waals surface area (Å²) in [6, 6.07) is 3.46. The molecule has 2 heterocycles. The van der Waals surface area contributed by atoms with E-state index < -0.39 is 10.0 Å². The monoisotopic (exact) mass is 413 g/mol. The molecule has 2 fully saturated rings. The van der Waals surface area contributed by atoms with E-state index in [9.17, 15) is 18.0 Å². The van der Waals surface area contributed by atoms with Gasteiger partial charge in [-0.25, -0.2) is 8.42 Å². The van der Waals surface area contributed by atoms with Gasteiger partial charge in [0, 0.05) is 24.0 Å². The van der Waals surface area contributed by atoms with Crippen molar-refractivity contribution in [3.8, 4) is 0 Å². The zero-order valence-corrected chi connectivity index (χ0v) is 17.0. The summed E-state index contributed by atoms with van der Waals surface area (Å²) >= 11 is 1.13. The number of sulfonamides is 1. The summed E-state index contributed by atoms with van der Waals surface area (Å²) in [5.74, 6) is -0.445. The van der Waals surface area contributed by atoms with Crippen molar-refractivity contribution in [2.24, 2.45) is 0 Å². The van der Waals surface area contributed by atoms with Crippen LogP contribution in [-0.4, -0.2) is 50.2 Å². The molecular weight excluding hydrogens is 386 g/mol. The van der Waals surface area contributed by atoms with E-state index in [4.69, 9.17) is 0 Å². The minimum Gasteiger partial charge on any atom is -0.352 e.